The lowest BCUT2D eigenvalue weighted by Crippen LogP contribution is -2.38. The Balaban J connectivity index is 2.35. The van der Waals surface area contributed by atoms with E-state index in [1.807, 2.05) is 37.3 Å². The van der Waals surface area contributed by atoms with Crippen molar-refractivity contribution in [2.75, 3.05) is 7.11 Å². The van der Waals surface area contributed by atoms with Crippen molar-refractivity contribution in [3.05, 3.63) is 58.7 Å². The molecule has 0 aliphatic rings. The third-order valence-electron chi connectivity index (χ3n) is 4.24. The van der Waals surface area contributed by atoms with Gasteiger partial charge in [0.05, 0.1) is 18.0 Å². The summed E-state index contributed by atoms with van der Waals surface area (Å²) in [6.45, 7) is 5.27. The standard InChI is InChI=1S/C19H23NO4S/c1-13-10-18(24-4)14(2)15(3)19(13)25(22,23)20-17(12-21)11-16-8-6-5-7-9-16/h5-10,12,17,20H,11H2,1-4H3/t17-/m0/s1. The quantitative estimate of drug-likeness (QED) is 0.770. The van der Waals surface area contributed by atoms with Crippen molar-refractivity contribution in [1.82, 2.24) is 4.72 Å². The van der Waals surface area contributed by atoms with Crippen LogP contribution in [0.2, 0.25) is 0 Å². The second-order valence-electron chi connectivity index (χ2n) is 6.03. The SMILES string of the molecule is COc1cc(C)c(S(=O)(=O)N[C@H](C=O)Cc2ccccc2)c(C)c1C. The topological polar surface area (TPSA) is 72.5 Å². The third kappa shape index (κ3) is 4.27. The minimum Gasteiger partial charge on any atom is -0.496 e. The largest absolute Gasteiger partial charge is 0.496 e. The van der Waals surface area contributed by atoms with E-state index in [0.717, 1.165) is 11.1 Å². The highest BCUT2D eigenvalue weighted by Crippen LogP contribution is 2.30. The molecule has 0 radical (unpaired) electrons. The minimum absolute atomic E-state index is 0.200. The number of benzene rings is 2. The van der Waals surface area contributed by atoms with Gasteiger partial charge in [0, 0.05) is 0 Å². The van der Waals surface area contributed by atoms with Crippen molar-refractivity contribution < 1.29 is 17.9 Å². The molecular weight excluding hydrogens is 338 g/mol. The number of hydrogen-bond donors (Lipinski definition) is 1. The van der Waals surface area contributed by atoms with E-state index >= 15 is 0 Å². The second kappa shape index (κ2) is 7.80. The van der Waals surface area contributed by atoms with Gasteiger partial charge < -0.3 is 9.53 Å². The van der Waals surface area contributed by atoms with Gasteiger partial charge in [-0.3, -0.25) is 0 Å². The predicted molar refractivity (Wildman–Crippen MR) is 97.5 cm³/mol. The number of nitrogens with one attached hydrogen (secondary N) is 1. The third-order valence-corrected chi connectivity index (χ3v) is 6.01. The van der Waals surface area contributed by atoms with Gasteiger partial charge in [0.1, 0.15) is 12.0 Å². The Morgan fingerprint density at radius 3 is 2.32 bits per heavy atom. The highest BCUT2D eigenvalue weighted by Gasteiger charge is 2.25. The minimum atomic E-state index is -3.84. The summed E-state index contributed by atoms with van der Waals surface area (Å²) in [4.78, 5) is 11.6. The number of carbonyl (C=O) groups is 1. The Hall–Kier alpha value is -2.18. The maximum atomic E-state index is 12.9. The molecule has 0 fully saturated rings. The number of carbonyl (C=O) groups excluding carboxylic acids is 1. The second-order valence-corrected chi connectivity index (χ2v) is 7.68. The summed E-state index contributed by atoms with van der Waals surface area (Å²) >= 11 is 0. The summed E-state index contributed by atoms with van der Waals surface area (Å²) in [5, 5.41) is 0. The molecule has 0 unspecified atom stereocenters. The van der Waals surface area contributed by atoms with Crippen LogP contribution in [0.4, 0.5) is 0 Å². The lowest BCUT2D eigenvalue weighted by molar-refractivity contribution is -0.109. The highest BCUT2D eigenvalue weighted by atomic mass is 32.2. The van der Waals surface area contributed by atoms with E-state index in [0.29, 0.717) is 29.6 Å². The van der Waals surface area contributed by atoms with Gasteiger partial charge in [-0.25, -0.2) is 13.1 Å². The van der Waals surface area contributed by atoms with E-state index in [1.54, 1.807) is 27.0 Å². The number of aryl methyl sites for hydroxylation is 1. The molecule has 0 saturated carbocycles. The van der Waals surface area contributed by atoms with Crippen molar-refractivity contribution in [3.8, 4) is 5.75 Å². The molecule has 0 spiro atoms. The molecule has 0 aromatic heterocycles. The molecule has 134 valence electrons. The number of rotatable bonds is 7. The Labute approximate surface area is 149 Å². The van der Waals surface area contributed by atoms with Crippen LogP contribution in [0.5, 0.6) is 5.75 Å². The van der Waals surface area contributed by atoms with Crippen molar-refractivity contribution in [3.63, 3.8) is 0 Å². The maximum absolute atomic E-state index is 12.9. The molecule has 0 amide bonds. The van der Waals surface area contributed by atoms with E-state index in [-0.39, 0.29) is 4.90 Å². The summed E-state index contributed by atoms with van der Waals surface area (Å²) < 4.78 is 33.6. The average Bonchev–Trinajstić information content (AvgIpc) is 2.58. The molecule has 1 atom stereocenters. The van der Waals surface area contributed by atoms with E-state index < -0.39 is 16.1 Å². The molecule has 2 aromatic rings. The Morgan fingerprint density at radius 1 is 1.12 bits per heavy atom. The lowest BCUT2D eigenvalue weighted by atomic mass is 10.1. The summed E-state index contributed by atoms with van der Waals surface area (Å²) in [5.41, 5.74) is 2.85. The fourth-order valence-electron chi connectivity index (χ4n) is 2.89. The Kier molecular flexibility index (Phi) is 5.98. The average molecular weight is 361 g/mol. The number of methoxy groups -OCH3 is 1. The zero-order valence-corrected chi connectivity index (χ0v) is 15.7. The first kappa shape index (κ1) is 19.1. The number of ether oxygens (including phenoxy) is 1. The molecule has 0 saturated heterocycles. The summed E-state index contributed by atoms with van der Waals surface area (Å²) in [6, 6.07) is 10.2. The van der Waals surface area contributed by atoms with Crippen LogP contribution in [0.25, 0.3) is 0 Å². The smallest absolute Gasteiger partial charge is 0.241 e. The van der Waals surface area contributed by atoms with Crippen LogP contribution < -0.4 is 9.46 Å². The first-order chi connectivity index (χ1) is 11.8. The first-order valence-corrected chi connectivity index (χ1v) is 9.44. The normalized spacial score (nSPS) is 12.6. The Morgan fingerprint density at radius 2 is 1.76 bits per heavy atom. The monoisotopic (exact) mass is 361 g/mol. The molecule has 1 N–H and O–H groups in total. The summed E-state index contributed by atoms with van der Waals surface area (Å²) in [6.07, 6.45) is 0.933. The molecule has 2 aromatic carbocycles. The summed E-state index contributed by atoms with van der Waals surface area (Å²) in [7, 11) is -2.29. The number of aldehydes is 1. The van der Waals surface area contributed by atoms with Gasteiger partial charge in [0.2, 0.25) is 10.0 Å². The fraction of sp³-hybridized carbons (Fsp3) is 0.316. The summed E-state index contributed by atoms with van der Waals surface area (Å²) in [5.74, 6) is 0.644. The van der Waals surface area contributed by atoms with Gasteiger partial charge in [0.15, 0.2) is 0 Å². The molecular formula is C19H23NO4S. The predicted octanol–water partition coefficient (Wildman–Crippen LogP) is 2.71. The van der Waals surface area contributed by atoms with Gasteiger partial charge in [-0.05, 0) is 55.5 Å². The molecule has 6 heteroatoms. The molecule has 5 nitrogen and oxygen atoms in total. The van der Waals surface area contributed by atoms with Crippen LogP contribution in [-0.2, 0) is 21.2 Å². The number of hydrogen-bond acceptors (Lipinski definition) is 4. The molecule has 2 rings (SSSR count). The van der Waals surface area contributed by atoms with Gasteiger partial charge in [-0.15, -0.1) is 0 Å². The van der Waals surface area contributed by atoms with Gasteiger partial charge in [0.25, 0.3) is 0 Å². The van der Waals surface area contributed by atoms with E-state index in [4.69, 9.17) is 4.74 Å². The van der Waals surface area contributed by atoms with Crippen molar-refractivity contribution in [2.24, 2.45) is 0 Å². The molecule has 0 bridgehead atoms. The van der Waals surface area contributed by atoms with E-state index in [2.05, 4.69) is 4.72 Å². The van der Waals surface area contributed by atoms with Crippen LogP contribution in [0.1, 0.15) is 22.3 Å². The molecule has 0 heterocycles. The molecule has 25 heavy (non-hydrogen) atoms. The van der Waals surface area contributed by atoms with Crippen LogP contribution in [0.15, 0.2) is 41.3 Å². The van der Waals surface area contributed by atoms with E-state index in [1.165, 1.54) is 0 Å². The molecule has 0 aliphatic carbocycles. The van der Waals surface area contributed by atoms with Crippen molar-refractivity contribution >= 4 is 16.3 Å². The van der Waals surface area contributed by atoms with Crippen LogP contribution >= 0.6 is 0 Å². The van der Waals surface area contributed by atoms with Crippen molar-refractivity contribution in [2.45, 2.75) is 38.1 Å². The van der Waals surface area contributed by atoms with Gasteiger partial charge in [-0.1, -0.05) is 30.3 Å². The highest BCUT2D eigenvalue weighted by molar-refractivity contribution is 7.89. The molecule has 0 aliphatic heterocycles. The number of sulfonamides is 1. The zero-order valence-electron chi connectivity index (χ0n) is 14.9. The van der Waals surface area contributed by atoms with Crippen LogP contribution in [-0.4, -0.2) is 27.9 Å². The van der Waals surface area contributed by atoms with Gasteiger partial charge in [-0.2, -0.15) is 0 Å². The maximum Gasteiger partial charge on any atom is 0.241 e. The van der Waals surface area contributed by atoms with Crippen LogP contribution in [0, 0.1) is 20.8 Å². The van der Waals surface area contributed by atoms with Crippen molar-refractivity contribution in [1.29, 1.82) is 0 Å². The Bertz CT molecular complexity index is 861. The zero-order chi connectivity index (χ0) is 18.6. The van der Waals surface area contributed by atoms with E-state index in [9.17, 15) is 13.2 Å². The fourth-order valence-corrected chi connectivity index (χ4v) is 4.58. The first-order valence-electron chi connectivity index (χ1n) is 7.96. The van der Waals surface area contributed by atoms with Gasteiger partial charge >= 0.3 is 0 Å². The van der Waals surface area contributed by atoms with Crippen LogP contribution in [0.3, 0.4) is 0 Å². The lowest BCUT2D eigenvalue weighted by Gasteiger charge is -2.19.